The molecule has 3 atom stereocenters. The molecule has 0 unspecified atom stereocenters. The number of urea groups is 1. The molecule has 0 saturated carbocycles. The smallest absolute Gasteiger partial charge is 0.322 e. The van der Waals surface area contributed by atoms with Crippen molar-refractivity contribution in [2.24, 2.45) is 11.7 Å². The van der Waals surface area contributed by atoms with Gasteiger partial charge in [0.1, 0.15) is 18.1 Å². The second-order valence-corrected chi connectivity index (χ2v) is 11.7. The number of primary amides is 1. The van der Waals surface area contributed by atoms with Crippen molar-refractivity contribution in [2.75, 3.05) is 5.32 Å². The summed E-state index contributed by atoms with van der Waals surface area (Å²) in [5.74, 6) is -3.66. The van der Waals surface area contributed by atoms with E-state index in [0.29, 0.717) is 5.69 Å². The number of H-pyrrole nitrogens is 1. The number of amides is 5. The molecule has 0 saturated heterocycles. The largest absolute Gasteiger partial charge is 0.481 e. The molecule has 3 aromatic carbocycles. The third-order valence-electron chi connectivity index (χ3n) is 7.95. The maximum absolute atomic E-state index is 14.0. The van der Waals surface area contributed by atoms with Gasteiger partial charge in [-0.1, -0.05) is 62.4 Å². The molecule has 1 aliphatic rings. The molecule has 1 aliphatic heterocycles. The summed E-state index contributed by atoms with van der Waals surface area (Å²) in [6, 6.07) is 17.0. The van der Waals surface area contributed by atoms with Gasteiger partial charge in [-0.2, -0.15) is 0 Å². The van der Waals surface area contributed by atoms with Gasteiger partial charge < -0.3 is 36.7 Å². The molecule has 45 heavy (non-hydrogen) atoms. The Morgan fingerprint density at radius 3 is 2.38 bits per heavy atom. The number of carbonyl (C=O) groups excluding carboxylic acids is 4. The van der Waals surface area contributed by atoms with Gasteiger partial charge in [0.05, 0.1) is 13.0 Å². The average Bonchev–Trinajstić information content (AvgIpc) is 3.36. The molecule has 2 heterocycles. The summed E-state index contributed by atoms with van der Waals surface area (Å²) < 4.78 is 0. The number of rotatable bonds is 10. The van der Waals surface area contributed by atoms with E-state index < -0.39 is 54.3 Å². The minimum atomic E-state index is -1.45. The number of carbonyl (C=O) groups is 5. The number of anilines is 1. The lowest BCUT2D eigenvalue weighted by Crippen LogP contribution is -2.59. The van der Waals surface area contributed by atoms with Gasteiger partial charge in [-0.15, -0.1) is 0 Å². The summed E-state index contributed by atoms with van der Waals surface area (Å²) in [6.45, 7) is 3.83. The third-order valence-corrected chi connectivity index (χ3v) is 7.95. The Bertz CT molecular complexity index is 1780. The number of benzene rings is 3. The van der Waals surface area contributed by atoms with Crippen LogP contribution in [0.2, 0.25) is 0 Å². The number of hydrogen-bond donors (Lipinski definition) is 6. The number of fused-ring (bicyclic) bond motifs is 4. The fourth-order valence-corrected chi connectivity index (χ4v) is 5.76. The van der Waals surface area contributed by atoms with E-state index in [1.54, 1.807) is 6.07 Å². The summed E-state index contributed by atoms with van der Waals surface area (Å²) in [7, 11) is 0. The molecule has 0 bridgehead atoms. The average molecular weight is 613 g/mol. The molecular formula is C33H36N6O6. The van der Waals surface area contributed by atoms with E-state index in [1.807, 2.05) is 74.5 Å². The lowest BCUT2D eigenvalue weighted by Gasteiger charge is -2.35. The number of carboxylic acid groups (broad SMARTS) is 1. The third kappa shape index (κ3) is 7.06. The monoisotopic (exact) mass is 612 g/mol. The molecule has 5 rings (SSSR count). The zero-order chi connectivity index (χ0) is 32.2. The van der Waals surface area contributed by atoms with Gasteiger partial charge in [-0.3, -0.25) is 19.2 Å². The molecule has 1 aromatic heterocycles. The molecule has 5 amide bonds. The lowest BCUT2D eigenvalue weighted by molar-refractivity contribution is -0.140. The van der Waals surface area contributed by atoms with E-state index in [2.05, 4.69) is 20.9 Å². The van der Waals surface area contributed by atoms with Crippen molar-refractivity contribution in [3.05, 3.63) is 78.0 Å². The van der Waals surface area contributed by atoms with Crippen LogP contribution >= 0.6 is 0 Å². The van der Waals surface area contributed by atoms with Gasteiger partial charge in [0.2, 0.25) is 17.7 Å². The second kappa shape index (κ2) is 13.1. The maximum Gasteiger partial charge on any atom is 0.322 e. The zero-order valence-corrected chi connectivity index (χ0v) is 25.0. The van der Waals surface area contributed by atoms with E-state index in [0.717, 1.165) is 32.9 Å². The molecule has 7 N–H and O–H groups in total. The quantitative estimate of drug-likeness (QED) is 0.160. The molecule has 0 spiro atoms. The summed E-state index contributed by atoms with van der Waals surface area (Å²) in [4.78, 5) is 68.9. The number of nitrogens with one attached hydrogen (secondary N) is 4. The van der Waals surface area contributed by atoms with E-state index in [4.69, 9.17) is 10.8 Å². The van der Waals surface area contributed by atoms with E-state index in [-0.39, 0.29) is 25.3 Å². The predicted octanol–water partition coefficient (Wildman–Crippen LogP) is 3.26. The Hall–Kier alpha value is -5.39. The number of nitrogens with two attached hydrogens (primary N) is 1. The predicted molar refractivity (Wildman–Crippen MR) is 169 cm³/mol. The Balaban J connectivity index is 1.43. The number of hydrogen-bond acceptors (Lipinski definition) is 5. The molecule has 12 heteroatoms. The number of aliphatic carboxylic acids is 1. The first-order chi connectivity index (χ1) is 21.5. The van der Waals surface area contributed by atoms with Crippen LogP contribution in [0.1, 0.15) is 37.9 Å². The van der Waals surface area contributed by atoms with Crippen LogP contribution in [0, 0.1) is 5.92 Å². The van der Waals surface area contributed by atoms with E-state index in [9.17, 15) is 24.0 Å². The summed E-state index contributed by atoms with van der Waals surface area (Å²) in [6.07, 6.45) is -0.308. The Kier molecular flexibility index (Phi) is 9.03. The molecular weight excluding hydrogens is 576 g/mol. The zero-order valence-electron chi connectivity index (χ0n) is 25.0. The van der Waals surface area contributed by atoms with Crippen LogP contribution in [0.4, 0.5) is 10.5 Å². The highest BCUT2D eigenvalue weighted by Gasteiger charge is 2.38. The van der Waals surface area contributed by atoms with Crippen molar-refractivity contribution in [1.29, 1.82) is 0 Å². The molecule has 234 valence electrons. The van der Waals surface area contributed by atoms with Gasteiger partial charge >= 0.3 is 12.0 Å². The molecule has 4 aromatic rings. The Morgan fingerprint density at radius 2 is 1.67 bits per heavy atom. The molecule has 0 fully saturated rings. The second-order valence-electron chi connectivity index (χ2n) is 11.7. The topological polar surface area (TPSA) is 187 Å². The number of aromatic nitrogens is 1. The van der Waals surface area contributed by atoms with Gasteiger partial charge in [-0.25, -0.2) is 4.79 Å². The van der Waals surface area contributed by atoms with Crippen LogP contribution in [-0.4, -0.2) is 62.8 Å². The molecule has 0 radical (unpaired) electrons. The Morgan fingerprint density at radius 1 is 0.956 bits per heavy atom. The summed E-state index contributed by atoms with van der Waals surface area (Å²) in [5.41, 5.74) is 8.48. The first-order valence-corrected chi connectivity index (χ1v) is 14.8. The maximum atomic E-state index is 14.0. The number of nitrogens with zero attached hydrogens (tertiary/aromatic N) is 1. The van der Waals surface area contributed by atoms with E-state index in [1.165, 1.54) is 4.90 Å². The van der Waals surface area contributed by atoms with Crippen molar-refractivity contribution in [2.45, 2.75) is 57.8 Å². The van der Waals surface area contributed by atoms with Gasteiger partial charge in [0, 0.05) is 28.7 Å². The van der Waals surface area contributed by atoms with Crippen LogP contribution in [0.15, 0.2) is 66.7 Å². The van der Waals surface area contributed by atoms with Crippen LogP contribution in [0.3, 0.4) is 0 Å². The van der Waals surface area contributed by atoms with Crippen LogP contribution in [0.5, 0.6) is 0 Å². The fraction of sp³-hybridized carbons (Fsp3) is 0.303. The summed E-state index contributed by atoms with van der Waals surface area (Å²) >= 11 is 0. The van der Waals surface area contributed by atoms with Gasteiger partial charge in [-0.05, 0) is 46.9 Å². The fourth-order valence-electron chi connectivity index (χ4n) is 5.76. The minimum absolute atomic E-state index is 0.0496. The van der Waals surface area contributed by atoms with Crippen molar-refractivity contribution < 1.29 is 29.1 Å². The van der Waals surface area contributed by atoms with Crippen molar-refractivity contribution in [1.82, 2.24) is 20.5 Å². The molecule has 12 nitrogen and oxygen atoms in total. The molecule has 0 aliphatic carbocycles. The number of carboxylic acids is 1. The minimum Gasteiger partial charge on any atom is -0.481 e. The first kappa shape index (κ1) is 31.0. The highest BCUT2D eigenvalue weighted by molar-refractivity contribution is 5.99. The number of para-hydroxylation sites is 1. The van der Waals surface area contributed by atoms with Crippen molar-refractivity contribution in [3.63, 3.8) is 0 Å². The SMILES string of the molecule is CC(C)C[C@H](NC(=O)[C@H]1Cc2c([nH]c3ccccc23)CN1C(=O)Nc1ccc2ccccc2c1)C(=O)N[C@@H](CC(=O)O)C(N)=O. The normalized spacial score (nSPS) is 15.7. The highest BCUT2D eigenvalue weighted by atomic mass is 16.4. The summed E-state index contributed by atoms with van der Waals surface area (Å²) in [5, 5.41) is 20.1. The number of aromatic amines is 1. The van der Waals surface area contributed by atoms with Crippen LogP contribution in [0.25, 0.3) is 21.7 Å². The van der Waals surface area contributed by atoms with Crippen molar-refractivity contribution >= 4 is 57.1 Å². The Labute approximate surface area is 259 Å². The standard InChI is InChI=1S/C33H36N6O6/c1-18(2)13-26(31(43)37-25(30(34)42)16-29(40)41)38-32(44)28-15-23-22-9-5-6-10-24(22)36-27(23)17-39(28)33(45)35-21-12-11-19-7-3-4-8-20(19)14-21/h3-12,14,18,25-26,28,36H,13,15-17H2,1-2H3,(H2,34,42)(H,35,45)(H,37,43)(H,38,44)(H,40,41)/t25-,26-,28+/m0/s1. The van der Waals surface area contributed by atoms with Crippen molar-refractivity contribution in [3.8, 4) is 0 Å². The lowest BCUT2D eigenvalue weighted by atomic mass is 9.95. The van der Waals surface area contributed by atoms with Crippen LogP contribution in [-0.2, 0) is 32.1 Å². The first-order valence-electron chi connectivity index (χ1n) is 14.8. The highest BCUT2D eigenvalue weighted by Crippen LogP contribution is 2.31. The van der Waals surface area contributed by atoms with Gasteiger partial charge in [0.15, 0.2) is 0 Å². The van der Waals surface area contributed by atoms with E-state index >= 15 is 0 Å². The van der Waals surface area contributed by atoms with Gasteiger partial charge in [0.25, 0.3) is 0 Å². The van der Waals surface area contributed by atoms with Crippen LogP contribution < -0.4 is 21.7 Å².